The Morgan fingerprint density at radius 2 is 2.33 bits per heavy atom. The quantitative estimate of drug-likeness (QED) is 0.898. The Bertz CT molecular complexity index is 542. The number of nitrogens with one attached hydrogen (secondary N) is 2. The lowest BCUT2D eigenvalue weighted by Gasteiger charge is -1.97. The standard InChI is InChI=1S/C12H14BrN3OS/c1-3-4-8-6-10(16-15-8)14-12(17)9-5-7(2)11(13)18-9/h5-6H,3-4H2,1-2H3,(H2,14,15,16,17). The van der Waals surface area contributed by atoms with Crippen molar-refractivity contribution in [2.45, 2.75) is 26.7 Å². The van der Waals surface area contributed by atoms with Crippen molar-refractivity contribution in [3.63, 3.8) is 0 Å². The van der Waals surface area contributed by atoms with Crippen LogP contribution in [0.5, 0.6) is 0 Å². The molecule has 2 aromatic rings. The zero-order valence-corrected chi connectivity index (χ0v) is 12.6. The molecule has 18 heavy (non-hydrogen) atoms. The SMILES string of the molecule is CCCc1cc(NC(=O)c2cc(C)c(Br)s2)n[nH]1. The molecule has 0 fully saturated rings. The molecule has 0 aliphatic carbocycles. The summed E-state index contributed by atoms with van der Waals surface area (Å²) in [4.78, 5) is 12.7. The van der Waals surface area contributed by atoms with E-state index in [4.69, 9.17) is 0 Å². The summed E-state index contributed by atoms with van der Waals surface area (Å²) in [6.07, 6.45) is 1.99. The lowest BCUT2D eigenvalue weighted by molar-refractivity contribution is 0.103. The third-order valence-electron chi connectivity index (χ3n) is 2.47. The minimum absolute atomic E-state index is 0.122. The number of hydrogen-bond donors (Lipinski definition) is 2. The summed E-state index contributed by atoms with van der Waals surface area (Å²) in [6.45, 7) is 4.07. The molecule has 0 saturated heterocycles. The molecule has 0 atom stereocenters. The third-order valence-corrected chi connectivity index (χ3v) is 4.61. The van der Waals surface area contributed by atoms with Crippen molar-refractivity contribution in [2.24, 2.45) is 0 Å². The minimum Gasteiger partial charge on any atom is -0.304 e. The first-order valence-corrected chi connectivity index (χ1v) is 7.32. The molecule has 4 nitrogen and oxygen atoms in total. The molecular weight excluding hydrogens is 314 g/mol. The molecule has 0 aromatic carbocycles. The summed E-state index contributed by atoms with van der Waals surface area (Å²) in [5, 5.41) is 9.76. The van der Waals surface area contributed by atoms with Gasteiger partial charge in [-0.3, -0.25) is 9.89 Å². The fourth-order valence-electron chi connectivity index (χ4n) is 1.57. The van der Waals surface area contributed by atoms with E-state index in [2.05, 4.69) is 38.4 Å². The Morgan fingerprint density at radius 1 is 1.56 bits per heavy atom. The fourth-order valence-corrected chi connectivity index (χ4v) is 3.00. The summed E-state index contributed by atoms with van der Waals surface area (Å²) < 4.78 is 0.987. The Morgan fingerprint density at radius 3 is 2.94 bits per heavy atom. The second-order valence-electron chi connectivity index (χ2n) is 4.05. The van der Waals surface area contributed by atoms with Crippen LogP contribution in [-0.2, 0) is 6.42 Å². The molecule has 0 aliphatic rings. The number of rotatable bonds is 4. The first kappa shape index (κ1) is 13.3. The second-order valence-corrected chi connectivity index (χ2v) is 6.42. The number of H-pyrrole nitrogens is 1. The summed E-state index contributed by atoms with van der Waals surface area (Å²) >= 11 is 4.84. The number of hydrogen-bond acceptors (Lipinski definition) is 3. The van der Waals surface area contributed by atoms with Crippen LogP contribution in [0.15, 0.2) is 15.9 Å². The molecule has 0 bridgehead atoms. The maximum absolute atomic E-state index is 12.0. The molecule has 2 aromatic heterocycles. The van der Waals surface area contributed by atoms with E-state index in [0.717, 1.165) is 27.9 Å². The van der Waals surface area contributed by atoms with Gasteiger partial charge in [0.1, 0.15) is 0 Å². The molecule has 1 amide bonds. The van der Waals surface area contributed by atoms with Crippen molar-refractivity contribution in [3.8, 4) is 0 Å². The highest BCUT2D eigenvalue weighted by molar-refractivity contribution is 9.11. The summed E-state index contributed by atoms with van der Waals surface area (Å²) in [5.41, 5.74) is 2.11. The number of thiophene rings is 1. The van der Waals surface area contributed by atoms with Crippen molar-refractivity contribution in [2.75, 3.05) is 5.32 Å². The van der Waals surface area contributed by atoms with E-state index in [1.54, 1.807) is 0 Å². The van der Waals surface area contributed by atoms with Gasteiger partial charge in [0, 0.05) is 11.8 Å². The molecule has 0 saturated carbocycles. The Labute approximate surface area is 118 Å². The number of nitrogens with zero attached hydrogens (tertiary/aromatic N) is 1. The first-order chi connectivity index (χ1) is 8.60. The number of carbonyl (C=O) groups excluding carboxylic acids is 1. The van der Waals surface area contributed by atoms with Crippen molar-refractivity contribution < 1.29 is 4.79 Å². The van der Waals surface area contributed by atoms with Crippen LogP contribution in [0, 0.1) is 6.92 Å². The lowest BCUT2D eigenvalue weighted by Crippen LogP contribution is -2.10. The van der Waals surface area contributed by atoms with Crippen LogP contribution in [0.25, 0.3) is 0 Å². The van der Waals surface area contributed by atoms with Gasteiger partial charge in [0.25, 0.3) is 5.91 Å². The molecular formula is C12H14BrN3OS. The highest BCUT2D eigenvalue weighted by Crippen LogP contribution is 2.27. The van der Waals surface area contributed by atoms with Gasteiger partial charge < -0.3 is 5.32 Å². The van der Waals surface area contributed by atoms with Gasteiger partial charge in [0.05, 0.1) is 8.66 Å². The van der Waals surface area contributed by atoms with Crippen LogP contribution >= 0.6 is 27.3 Å². The highest BCUT2D eigenvalue weighted by atomic mass is 79.9. The van der Waals surface area contributed by atoms with Crippen LogP contribution in [0.1, 0.15) is 34.3 Å². The number of anilines is 1. The zero-order chi connectivity index (χ0) is 13.1. The van der Waals surface area contributed by atoms with Crippen LogP contribution in [0.3, 0.4) is 0 Å². The Kier molecular flexibility index (Phi) is 4.19. The van der Waals surface area contributed by atoms with Crippen LogP contribution in [-0.4, -0.2) is 16.1 Å². The van der Waals surface area contributed by atoms with Gasteiger partial charge >= 0.3 is 0 Å². The van der Waals surface area contributed by atoms with Gasteiger partial charge in [0.15, 0.2) is 5.82 Å². The van der Waals surface area contributed by atoms with Gasteiger partial charge in [-0.15, -0.1) is 11.3 Å². The molecule has 96 valence electrons. The van der Waals surface area contributed by atoms with Gasteiger partial charge in [-0.2, -0.15) is 5.10 Å². The highest BCUT2D eigenvalue weighted by Gasteiger charge is 2.12. The fraction of sp³-hybridized carbons (Fsp3) is 0.333. The number of halogens is 1. The van der Waals surface area contributed by atoms with E-state index < -0.39 is 0 Å². The van der Waals surface area contributed by atoms with Crippen molar-refractivity contribution in [3.05, 3.63) is 32.1 Å². The lowest BCUT2D eigenvalue weighted by atomic mass is 10.2. The average molecular weight is 328 g/mol. The molecule has 2 N–H and O–H groups in total. The van der Waals surface area contributed by atoms with E-state index >= 15 is 0 Å². The third kappa shape index (κ3) is 3.00. The molecule has 2 rings (SSSR count). The van der Waals surface area contributed by atoms with E-state index in [1.165, 1.54) is 11.3 Å². The zero-order valence-electron chi connectivity index (χ0n) is 10.2. The van der Waals surface area contributed by atoms with Crippen molar-refractivity contribution in [1.29, 1.82) is 0 Å². The summed E-state index contributed by atoms with van der Waals surface area (Å²) in [6, 6.07) is 3.74. The largest absolute Gasteiger partial charge is 0.304 e. The smallest absolute Gasteiger partial charge is 0.266 e. The van der Waals surface area contributed by atoms with E-state index in [1.807, 2.05) is 19.1 Å². The molecule has 0 spiro atoms. The normalized spacial score (nSPS) is 10.6. The number of aryl methyl sites for hydroxylation is 2. The molecule has 0 aliphatic heterocycles. The molecule has 0 radical (unpaired) electrons. The van der Waals surface area contributed by atoms with Crippen molar-refractivity contribution in [1.82, 2.24) is 10.2 Å². The van der Waals surface area contributed by atoms with Gasteiger partial charge in [-0.25, -0.2) is 0 Å². The monoisotopic (exact) mass is 327 g/mol. The van der Waals surface area contributed by atoms with Gasteiger partial charge in [-0.1, -0.05) is 13.3 Å². The van der Waals surface area contributed by atoms with Gasteiger partial charge in [-0.05, 0) is 40.9 Å². The average Bonchev–Trinajstić information content (AvgIpc) is 2.88. The maximum atomic E-state index is 12.0. The predicted molar refractivity (Wildman–Crippen MR) is 77.3 cm³/mol. The van der Waals surface area contributed by atoms with Crippen LogP contribution < -0.4 is 5.32 Å². The van der Waals surface area contributed by atoms with Crippen LogP contribution in [0.4, 0.5) is 5.82 Å². The van der Waals surface area contributed by atoms with Crippen molar-refractivity contribution >= 4 is 39.0 Å². The second kappa shape index (κ2) is 5.67. The van der Waals surface area contributed by atoms with Gasteiger partial charge in [0.2, 0.25) is 0 Å². The summed E-state index contributed by atoms with van der Waals surface area (Å²) in [5.74, 6) is 0.453. The number of amides is 1. The van der Waals surface area contributed by atoms with E-state index in [9.17, 15) is 4.79 Å². The number of aromatic amines is 1. The molecule has 6 heteroatoms. The summed E-state index contributed by atoms with van der Waals surface area (Å²) in [7, 11) is 0. The molecule has 0 unspecified atom stereocenters. The van der Waals surface area contributed by atoms with E-state index in [-0.39, 0.29) is 5.91 Å². The topological polar surface area (TPSA) is 57.8 Å². The Hall–Kier alpha value is -1.14. The Balaban J connectivity index is 2.06. The number of carbonyl (C=O) groups is 1. The minimum atomic E-state index is -0.122. The molecule has 2 heterocycles. The number of aromatic nitrogens is 2. The van der Waals surface area contributed by atoms with Crippen LogP contribution in [0.2, 0.25) is 0 Å². The van der Waals surface area contributed by atoms with E-state index in [0.29, 0.717) is 10.7 Å². The first-order valence-electron chi connectivity index (χ1n) is 5.71. The predicted octanol–water partition coefficient (Wildman–Crippen LogP) is 3.75. The maximum Gasteiger partial charge on any atom is 0.266 e.